The third-order valence-corrected chi connectivity index (χ3v) is 2.85. The lowest BCUT2D eigenvalue weighted by atomic mass is 10.1. The van der Waals surface area contributed by atoms with E-state index in [2.05, 4.69) is 30.9 Å². The summed E-state index contributed by atoms with van der Waals surface area (Å²) in [7, 11) is 0. The van der Waals surface area contributed by atoms with Crippen LogP contribution in [0.25, 0.3) is 0 Å². The van der Waals surface area contributed by atoms with Crippen molar-refractivity contribution < 1.29 is 0 Å². The van der Waals surface area contributed by atoms with E-state index in [0.29, 0.717) is 0 Å². The highest BCUT2D eigenvalue weighted by Crippen LogP contribution is 2.15. The SMILES string of the molecule is S/C1=C\C=C/CCCCCCCC1. The first-order valence-electron chi connectivity index (χ1n) is 5.44. The minimum Gasteiger partial charge on any atom is -0.148 e. The van der Waals surface area contributed by atoms with Gasteiger partial charge in [-0.15, -0.1) is 12.6 Å². The molecule has 0 aromatic rings. The van der Waals surface area contributed by atoms with E-state index in [9.17, 15) is 0 Å². The van der Waals surface area contributed by atoms with Gasteiger partial charge in [0.2, 0.25) is 0 Å². The van der Waals surface area contributed by atoms with E-state index in [1.165, 1.54) is 49.9 Å². The van der Waals surface area contributed by atoms with Crippen molar-refractivity contribution >= 4 is 12.6 Å². The summed E-state index contributed by atoms with van der Waals surface area (Å²) in [4.78, 5) is 1.23. The summed E-state index contributed by atoms with van der Waals surface area (Å²) in [5, 5.41) is 0. The number of allylic oxidation sites excluding steroid dienone is 4. The van der Waals surface area contributed by atoms with Crippen molar-refractivity contribution in [1.29, 1.82) is 0 Å². The van der Waals surface area contributed by atoms with Gasteiger partial charge in [-0.25, -0.2) is 0 Å². The average Bonchev–Trinajstić information content (AvgIpc) is 2.11. The Labute approximate surface area is 87.5 Å². The molecule has 0 aromatic heterocycles. The first-order chi connectivity index (χ1) is 6.39. The fraction of sp³-hybridized carbons (Fsp3) is 0.667. The van der Waals surface area contributed by atoms with Crippen LogP contribution in [0.5, 0.6) is 0 Å². The second kappa shape index (κ2) is 7.25. The number of thiol groups is 1. The van der Waals surface area contributed by atoms with Crippen molar-refractivity contribution in [3.63, 3.8) is 0 Å². The maximum atomic E-state index is 4.43. The standard InChI is InChI=1S/C12H20S/c13-12-10-8-6-4-2-1-3-5-7-9-11-12/h6,8,10,13H,1-5,7,9,11H2/b8-6-,12-10-. The largest absolute Gasteiger partial charge is 0.148 e. The first kappa shape index (κ1) is 10.9. The molecule has 0 unspecified atom stereocenters. The van der Waals surface area contributed by atoms with Crippen molar-refractivity contribution in [2.24, 2.45) is 0 Å². The lowest BCUT2D eigenvalue weighted by Crippen LogP contribution is -1.82. The van der Waals surface area contributed by atoms with Gasteiger partial charge in [0, 0.05) is 0 Å². The Balaban J connectivity index is 2.34. The van der Waals surface area contributed by atoms with Crippen LogP contribution in [0.3, 0.4) is 0 Å². The Morgan fingerprint density at radius 1 is 0.923 bits per heavy atom. The minimum atomic E-state index is 1.16. The van der Waals surface area contributed by atoms with Crippen LogP contribution >= 0.6 is 12.6 Å². The smallest absolute Gasteiger partial charge is 0.0184 e. The van der Waals surface area contributed by atoms with Crippen LogP contribution in [0.15, 0.2) is 23.1 Å². The lowest BCUT2D eigenvalue weighted by molar-refractivity contribution is 0.598. The maximum Gasteiger partial charge on any atom is -0.0184 e. The molecule has 1 aliphatic rings. The normalized spacial score (nSPS) is 27.9. The summed E-state index contributed by atoms with van der Waals surface area (Å²) in [5.74, 6) is 0. The Kier molecular flexibility index (Phi) is 6.09. The zero-order valence-corrected chi connectivity index (χ0v) is 9.23. The van der Waals surface area contributed by atoms with E-state index in [0.717, 1.165) is 6.42 Å². The van der Waals surface area contributed by atoms with Gasteiger partial charge < -0.3 is 0 Å². The molecule has 1 aliphatic carbocycles. The van der Waals surface area contributed by atoms with E-state index < -0.39 is 0 Å². The molecule has 0 N–H and O–H groups in total. The second-order valence-electron chi connectivity index (χ2n) is 3.75. The molecule has 0 heterocycles. The molecule has 0 aromatic carbocycles. The summed E-state index contributed by atoms with van der Waals surface area (Å²) in [6.45, 7) is 0. The minimum absolute atomic E-state index is 1.16. The molecule has 0 fully saturated rings. The Bertz CT molecular complexity index is 180. The number of rotatable bonds is 0. The number of hydrogen-bond acceptors (Lipinski definition) is 1. The van der Waals surface area contributed by atoms with Gasteiger partial charge in [0.1, 0.15) is 0 Å². The molecule has 0 spiro atoms. The molecule has 0 atom stereocenters. The molecule has 1 heteroatoms. The van der Waals surface area contributed by atoms with Crippen LogP contribution in [0, 0.1) is 0 Å². The molecule has 0 bridgehead atoms. The number of hydrogen-bond donors (Lipinski definition) is 1. The predicted molar refractivity (Wildman–Crippen MR) is 63.1 cm³/mol. The molecule has 0 amide bonds. The third-order valence-electron chi connectivity index (χ3n) is 2.48. The Morgan fingerprint density at radius 2 is 1.62 bits per heavy atom. The second-order valence-corrected chi connectivity index (χ2v) is 4.32. The summed E-state index contributed by atoms with van der Waals surface area (Å²) in [6, 6.07) is 0. The van der Waals surface area contributed by atoms with E-state index in [-0.39, 0.29) is 0 Å². The predicted octanol–water partition coefficient (Wildman–Crippen LogP) is 4.49. The highest BCUT2D eigenvalue weighted by molar-refractivity contribution is 7.84. The van der Waals surface area contributed by atoms with E-state index in [4.69, 9.17) is 0 Å². The molecular formula is C12H20S. The fourth-order valence-corrected chi connectivity index (χ4v) is 1.88. The zero-order chi connectivity index (χ0) is 9.36. The van der Waals surface area contributed by atoms with Gasteiger partial charge in [-0.2, -0.15) is 0 Å². The Morgan fingerprint density at radius 3 is 2.46 bits per heavy atom. The highest BCUT2D eigenvalue weighted by atomic mass is 32.1. The van der Waals surface area contributed by atoms with Crippen LogP contribution in [0.4, 0.5) is 0 Å². The first-order valence-corrected chi connectivity index (χ1v) is 5.89. The topological polar surface area (TPSA) is 0 Å². The molecule has 0 aliphatic heterocycles. The average molecular weight is 196 g/mol. The summed E-state index contributed by atoms with van der Waals surface area (Å²) in [6.07, 6.45) is 17.2. The van der Waals surface area contributed by atoms with E-state index in [1.807, 2.05) is 0 Å². The summed E-state index contributed by atoms with van der Waals surface area (Å²) in [5.41, 5.74) is 0. The van der Waals surface area contributed by atoms with Gasteiger partial charge in [0.25, 0.3) is 0 Å². The van der Waals surface area contributed by atoms with Crippen LogP contribution in [0.2, 0.25) is 0 Å². The highest BCUT2D eigenvalue weighted by Gasteiger charge is 1.94. The molecule has 0 saturated carbocycles. The molecule has 0 radical (unpaired) electrons. The molecular weight excluding hydrogens is 176 g/mol. The lowest BCUT2D eigenvalue weighted by Gasteiger charge is -2.02. The molecule has 13 heavy (non-hydrogen) atoms. The van der Waals surface area contributed by atoms with Crippen molar-refractivity contribution in [2.45, 2.75) is 51.4 Å². The summed E-state index contributed by atoms with van der Waals surface area (Å²) < 4.78 is 0. The van der Waals surface area contributed by atoms with Gasteiger partial charge >= 0.3 is 0 Å². The summed E-state index contributed by atoms with van der Waals surface area (Å²) >= 11 is 4.43. The van der Waals surface area contributed by atoms with Gasteiger partial charge in [0.15, 0.2) is 0 Å². The van der Waals surface area contributed by atoms with Crippen molar-refractivity contribution in [1.82, 2.24) is 0 Å². The van der Waals surface area contributed by atoms with Gasteiger partial charge in [-0.05, 0) is 30.6 Å². The van der Waals surface area contributed by atoms with Crippen LogP contribution in [-0.2, 0) is 0 Å². The van der Waals surface area contributed by atoms with Gasteiger partial charge in [-0.1, -0.05) is 43.9 Å². The molecule has 1 rings (SSSR count). The molecule has 0 nitrogen and oxygen atoms in total. The van der Waals surface area contributed by atoms with E-state index in [1.54, 1.807) is 0 Å². The fourth-order valence-electron chi connectivity index (χ4n) is 1.63. The maximum absolute atomic E-state index is 4.43. The van der Waals surface area contributed by atoms with Crippen LogP contribution < -0.4 is 0 Å². The molecule has 74 valence electrons. The quantitative estimate of drug-likeness (QED) is 0.542. The van der Waals surface area contributed by atoms with Gasteiger partial charge in [0.05, 0.1) is 0 Å². The van der Waals surface area contributed by atoms with Gasteiger partial charge in [-0.3, -0.25) is 0 Å². The van der Waals surface area contributed by atoms with E-state index >= 15 is 0 Å². The Hall–Kier alpha value is -0.170. The molecule has 0 saturated heterocycles. The zero-order valence-electron chi connectivity index (χ0n) is 8.34. The monoisotopic (exact) mass is 196 g/mol. The van der Waals surface area contributed by atoms with Crippen LogP contribution in [0.1, 0.15) is 51.4 Å². The van der Waals surface area contributed by atoms with Crippen LogP contribution in [-0.4, -0.2) is 0 Å². The van der Waals surface area contributed by atoms with Crippen molar-refractivity contribution in [3.8, 4) is 0 Å². The van der Waals surface area contributed by atoms with Crippen molar-refractivity contribution in [3.05, 3.63) is 23.1 Å². The third kappa shape index (κ3) is 5.98. The van der Waals surface area contributed by atoms with Crippen molar-refractivity contribution in [2.75, 3.05) is 0 Å².